The molecule has 0 aliphatic rings. The first-order valence-corrected chi connectivity index (χ1v) is 6.99. The molecule has 0 aliphatic carbocycles. The summed E-state index contributed by atoms with van der Waals surface area (Å²) in [5.41, 5.74) is 1.89. The lowest BCUT2D eigenvalue weighted by atomic mass is 10.0. The van der Waals surface area contributed by atoms with Crippen LogP contribution in [-0.4, -0.2) is 5.78 Å². The molecule has 0 radical (unpaired) electrons. The predicted octanol–water partition coefficient (Wildman–Crippen LogP) is 5.14. The summed E-state index contributed by atoms with van der Waals surface area (Å²) in [4.78, 5) is 12.7. The third-order valence-corrected chi connectivity index (χ3v) is 3.58. The van der Waals surface area contributed by atoms with Crippen LogP contribution in [0.2, 0.25) is 5.02 Å². The lowest BCUT2D eigenvalue weighted by molar-refractivity contribution is 0.103. The maximum Gasteiger partial charge on any atom is 0.198 e. The molecule has 104 valence electrons. The van der Waals surface area contributed by atoms with Crippen LogP contribution in [-0.2, 0) is 0 Å². The Morgan fingerprint density at radius 1 is 0.952 bits per heavy atom. The van der Waals surface area contributed by atoms with Crippen LogP contribution in [0.25, 0.3) is 11.3 Å². The average molecular weight is 297 g/mol. The normalized spacial score (nSPS) is 10.6. The van der Waals surface area contributed by atoms with Crippen LogP contribution in [0.1, 0.15) is 21.7 Å². The molecule has 0 saturated heterocycles. The zero-order chi connectivity index (χ0) is 14.8. The minimum Gasteiger partial charge on any atom is -0.461 e. The number of hydrogen-bond acceptors (Lipinski definition) is 2. The molecule has 0 spiro atoms. The first-order valence-electron chi connectivity index (χ1n) is 6.62. The summed E-state index contributed by atoms with van der Waals surface area (Å²) < 4.78 is 5.72. The number of carbonyl (C=O) groups excluding carboxylic acids is 1. The molecular formula is C18H13ClO2. The van der Waals surface area contributed by atoms with E-state index in [0.717, 1.165) is 5.56 Å². The number of carbonyl (C=O) groups is 1. The Balaban J connectivity index is 2.12. The molecule has 0 saturated carbocycles. The monoisotopic (exact) mass is 296 g/mol. The number of benzene rings is 2. The lowest BCUT2D eigenvalue weighted by Crippen LogP contribution is -2.02. The highest BCUT2D eigenvalue weighted by molar-refractivity contribution is 6.35. The van der Waals surface area contributed by atoms with Crippen molar-refractivity contribution < 1.29 is 9.21 Å². The summed E-state index contributed by atoms with van der Waals surface area (Å²) in [6, 6.07) is 18.4. The second-order valence-electron chi connectivity index (χ2n) is 4.77. The first-order chi connectivity index (χ1) is 10.2. The van der Waals surface area contributed by atoms with Crippen molar-refractivity contribution in [1.29, 1.82) is 0 Å². The fourth-order valence-corrected chi connectivity index (χ4v) is 2.50. The number of aryl methyl sites for hydroxylation is 1. The molecule has 0 N–H and O–H groups in total. The predicted molar refractivity (Wildman–Crippen MR) is 83.8 cm³/mol. The van der Waals surface area contributed by atoms with Crippen LogP contribution in [0.5, 0.6) is 0 Å². The molecular weight excluding hydrogens is 284 g/mol. The quantitative estimate of drug-likeness (QED) is 0.626. The molecule has 0 aliphatic heterocycles. The Hall–Kier alpha value is -2.32. The van der Waals surface area contributed by atoms with E-state index < -0.39 is 0 Å². The van der Waals surface area contributed by atoms with Gasteiger partial charge in [0.25, 0.3) is 0 Å². The Bertz CT molecular complexity index is 788. The van der Waals surface area contributed by atoms with Crippen molar-refractivity contribution >= 4 is 17.4 Å². The summed E-state index contributed by atoms with van der Waals surface area (Å²) in [5, 5.41) is 0.445. The number of rotatable bonds is 3. The summed E-state index contributed by atoms with van der Waals surface area (Å²) in [6.07, 6.45) is 0. The van der Waals surface area contributed by atoms with E-state index in [1.54, 1.807) is 30.3 Å². The summed E-state index contributed by atoms with van der Waals surface area (Å²) in [7, 11) is 0. The van der Waals surface area contributed by atoms with Crippen LogP contribution in [0, 0.1) is 6.92 Å². The molecule has 1 heterocycles. The zero-order valence-electron chi connectivity index (χ0n) is 11.5. The number of halogens is 1. The van der Waals surface area contributed by atoms with E-state index in [-0.39, 0.29) is 5.78 Å². The van der Waals surface area contributed by atoms with Gasteiger partial charge in [0.15, 0.2) is 5.78 Å². The van der Waals surface area contributed by atoms with Gasteiger partial charge in [0, 0.05) is 11.1 Å². The van der Waals surface area contributed by atoms with Gasteiger partial charge in [-0.15, -0.1) is 0 Å². The molecule has 1 aromatic heterocycles. The lowest BCUT2D eigenvalue weighted by Gasteiger charge is -2.04. The van der Waals surface area contributed by atoms with Crippen molar-refractivity contribution in [2.24, 2.45) is 0 Å². The second-order valence-corrected chi connectivity index (χ2v) is 5.18. The third kappa shape index (κ3) is 2.63. The SMILES string of the molecule is Cc1cc(C(=O)c2ccccc2Cl)c(-c2ccccc2)o1. The van der Waals surface area contributed by atoms with Gasteiger partial charge in [-0.25, -0.2) is 0 Å². The Kier molecular flexibility index (Phi) is 3.63. The van der Waals surface area contributed by atoms with E-state index in [1.807, 2.05) is 37.3 Å². The standard InChI is InChI=1S/C18H13ClO2/c1-12-11-15(17(20)14-9-5-6-10-16(14)19)18(21-12)13-7-3-2-4-8-13/h2-11H,1H3. The molecule has 0 bridgehead atoms. The number of furan rings is 1. The Labute approximate surface area is 128 Å². The van der Waals surface area contributed by atoms with Gasteiger partial charge in [0.2, 0.25) is 0 Å². The van der Waals surface area contributed by atoms with Gasteiger partial charge >= 0.3 is 0 Å². The van der Waals surface area contributed by atoms with Gasteiger partial charge < -0.3 is 4.42 Å². The van der Waals surface area contributed by atoms with E-state index in [0.29, 0.717) is 27.7 Å². The van der Waals surface area contributed by atoms with Crippen LogP contribution < -0.4 is 0 Å². The van der Waals surface area contributed by atoms with Crippen molar-refractivity contribution in [3.8, 4) is 11.3 Å². The smallest absolute Gasteiger partial charge is 0.198 e. The molecule has 3 aromatic rings. The van der Waals surface area contributed by atoms with Crippen molar-refractivity contribution in [2.75, 3.05) is 0 Å². The molecule has 2 nitrogen and oxygen atoms in total. The minimum atomic E-state index is -0.128. The highest BCUT2D eigenvalue weighted by Crippen LogP contribution is 2.30. The van der Waals surface area contributed by atoms with Gasteiger partial charge in [-0.3, -0.25) is 4.79 Å². The fourth-order valence-electron chi connectivity index (χ4n) is 2.28. The molecule has 0 atom stereocenters. The first kappa shape index (κ1) is 13.7. The zero-order valence-corrected chi connectivity index (χ0v) is 12.2. The Morgan fingerprint density at radius 2 is 1.62 bits per heavy atom. The molecule has 0 amide bonds. The molecule has 2 aromatic carbocycles. The van der Waals surface area contributed by atoms with Gasteiger partial charge in [0.05, 0.1) is 10.6 Å². The van der Waals surface area contributed by atoms with Crippen molar-refractivity contribution in [3.05, 3.63) is 82.6 Å². The fraction of sp³-hybridized carbons (Fsp3) is 0.0556. The molecule has 0 unspecified atom stereocenters. The van der Waals surface area contributed by atoms with Crippen LogP contribution in [0.15, 0.2) is 65.1 Å². The summed E-state index contributed by atoms with van der Waals surface area (Å²) in [6.45, 7) is 1.83. The van der Waals surface area contributed by atoms with Crippen molar-refractivity contribution in [2.45, 2.75) is 6.92 Å². The minimum absolute atomic E-state index is 0.128. The molecule has 21 heavy (non-hydrogen) atoms. The van der Waals surface area contributed by atoms with E-state index in [4.69, 9.17) is 16.0 Å². The third-order valence-electron chi connectivity index (χ3n) is 3.25. The number of ketones is 1. The van der Waals surface area contributed by atoms with Crippen LogP contribution in [0.3, 0.4) is 0 Å². The van der Waals surface area contributed by atoms with Gasteiger partial charge in [0.1, 0.15) is 11.5 Å². The average Bonchev–Trinajstić information content (AvgIpc) is 2.90. The van der Waals surface area contributed by atoms with E-state index >= 15 is 0 Å². The molecule has 3 rings (SSSR count). The number of hydrogen-bond donors (Lipinski definition) is 0. The van der Waals surface area contributed by atoms with Gasteiger partial charge in [-0.2, -0.15) is 0 Å². The Morgan fingerprint density at radius 3 is 2.33 bits per heavy atom. The highest BCUT2D eigenvalue weighted by Gasteiger charge is 2.20. The summed E-state index contributed by atoms with van der Waals surface area (Å²) in [5.74, 6) is 1.15. The second kappa shape index (κ2) is 5.58. The maximum absolute atomic E-state index is 12.7. The molecule has 0 fully saturated rings. The van der Waals surface area contributed by atoms with Crippen molar-refractivity contribution in [3.63, 3.8) is 0 Å². The topological polar surface area (TPSA) is 30.2 Å². The maximum atomic E-state index is 12.7. The molecule has 3 heteroatoms. The van der Waals surface area contributed by atoms with E-state index in [9.17, 15) is 4.79 Å². The van der Waals surface area contributed by atoms with Gasteiger partial charge in [-0.05, 0) is 25.1 Å². The van der Waals surface area contributed by atoms with Gasteiger partial charge in [-0.1, -0.05) is 54.1 Å². The van der Waals surface area contributed by atoms with Crippen LogP contribution >= 0.6 is 11.6 Å². The van der Waals surface area contributed by atoms with E-state index in [2.05, 4.69) is 0 Å². The van der Waals surface area contributed by atoms with E-state index in [1.165, 1.54) is 0 Å². The highest BCUT2D eigenvalue weighted by atomic mass is 35.5. The largest absolute Gasteiger partial charge is 0.461 e. The summed E-state index contributed by atoms with van der Waals surface area (Å²) >= 11 is 6.12. The van der Waals surface area contributed by atoms with Crippen LogP contribution in [0.4, 0.5) is 0 Å². The van der Waals surface area contributed by atoms with Crippen molar-refractivity contribution in [1.82, 2.24) is 0 Å².